The summed E-state index contributed by atoms with van der Waals surface area (Å²) in [6, 6.07) is 11.8. The first-order valence-corrected chi connectivity index (χ1v) is 5.97. The Hall–Kier alpha value is -1.94. The van der Waals surface area contributed by atoms with Gasteiger partial charge < -0.3 is 10.1 Å². The Labute approximate surface area is 111 Å². The fraction of sp³-hybridized carbons (Fsp3) is 0.200. The molecule has 0 aliphatic carbocycles. The van der Waals surface area contributed by atoms with Crippen molar-refractivity contribution in [2.45, 2.75) is 13.1 Å². The van der Waals surface area contributed by atoms with Gasteiger partial charge in [-0.1, -0.05) is 24.3 Å². The van der Waals surface area contributed by atoms with Gasteiger partial charge in [0.15, 0.2) is 11.6 Å². The van der Waals surface area contributed by atoms with Crippen molar-refractivity contribution in [2.24, 2.45) is 0 Å². The molecule has 0 aromatic heterocycles. The summed E-state index contributed by atoms with van der Waals surface area (Å²) in [4.78, 5) is 0. The summed E-state index contributed by atoms with van der Waals surface area (Å²) in [5, 5.41) is 3.08. The summed E-state index contributed by atoms with van der Waals surface area (Å²) in [5.41, 5.74) is 1.35. The molecule has 0 amide bonds. The molecule has 2 aromatic rings. The maximum Gasteiger partial charge on any atom is 0.163 e. The molecule has 0 saturated carbocycles. The molecule has 0 radical (unpaired) electrons. The Morgan fingerprint density at radius 2 is 1.84 bits per heavy atom. The van der Waals surface area contributed by atoms with E-state index >= 15 is 0 Å². The zero-order valence-corrected chi connectivity index (χ0v) is 10.6. The van der Waals surface area contributed by atoms with E-state index in [2.05, 4.69) is 5.32 Å². The molecule has 2 rings (SSSR count). The van der Waals surface area contributed by atoms with Gasteiger partial charge in [-0.15, -0.1) is 0 Å². The van der Waals surface area contributed by atoms with E-state index in [1.54, 1.807) is 13.2 Å². The number of benzene rings is 2. The number of halogens is 2. The van der Waals surface area contributed by atoms with E-state index in [4.69, 9.17) is 4.74 Å². The molecule has 4 heteroatoms. The predicted octanol–water partition coefficient (Wildman–Crippen LogP) is 3.26. The zero-order chi connectivity index (χ0) is 13.7. The monoisotopic (exact) mass is 263 g/mol. The van der Waals surface area contributed by atoms with Gasteiger partial charge >= 0.3 is 0 Å². The van der Waals surface area contributed by atoms with Gasteiger partial charge in [0.2, 0.25) is 0 Å². The molecule has 0 spiro atoms. The lowest BCUT2D eigenvalue weighted by atomic mass is 10.2. The van der Waals surface area contributed by atoms with Crippen LogP contribution in [0.4, 0.5) is 8.78 Å². The van der Waals surface area contributed by atoms with Gasteiger partial charge in [0.1, 0.15) is 5.75 Å². The normalized spacial score (nSPS) is 10.5. The van der Waals surface area contributed by atoms with Crippen molar-refractivity contribution in [1.29, 1.82) is 0 Å². The predicted molar refractivity (Wildman–Crippen MR) is 69.9 cm³/mol. The van der Waals surface area contributed by atoms with Crippen molar-refractivity contribution in [3.63, 3.8) is 0 Å². The highest BCUT2D eigenvalue weighted by atomic mass is 19.2. The molecule has 2 nitrogen and oxygen atoms in total. The summed E-state index contributed by atoms with van der Waals surface area (Å²) in [6.07, 6.45) is 0. The molecule has 0 bridgehead atoms. The topological polar surface area (TPSA) is 21.3 Å². The average molecular weight is 263 g/mol. The van der Waals surface area contributed by atoms with E-state index in [1.807, 2.05) is 24.3 Å². The largest absolute Gasteiger partial charge is 0.497 e. The van der Waals surface area contributed by atoms with Crippen LogP contribution < -0.4 is 10.1 Å². The third kappa shape index (κ3) is 3.51. The van der Waals surface area contributed by atoms with Crippen molar-refractivity contribution < 1.29 is 13.5 Å². The lowest BCUT2D eigenvalue weighted by molar-refractivity contribution is 0.414. The van der Waals surface area contributed by atoms with Crippen molar-refractivity contribution >= 4 is 0 Å². The van der Waals surface area contributed by atoms with Crippen molar-refractivity contribution in [3.05, 3.63) is 65.2 Å². The van der Waals surface area contributed by atoms with E-state index in [9.17, 15) is 8.78 Å². The molecule has 0 heterocycles. The molecule has 1 N–H and O–H groups in total. The first kappa shape index (κ1) is 13.5. The second-order valence-corrected chi connectivity index (χ2v) is 4.17. The third-order valence-electron chi connectivity index (χ3n) is 2.81. The standard InChI is InChI=1S/C15H15F2NO/c1-19-13-6-2-4-11(8-13)9-18-10-12-5-3-7-14(16)15(12)17/h2-8,18H,9-10H2,1H3. The van der Waals surface area contributed by atoms with E-state index in [0.717, 1.165) is 17.4 Å². The number of methoxy groups -OCH3 is 1. The first-order chi connectivity index (χ1) is 9.20. The molecule has 0 saturated heterocycles. The number of hydrogen-bond donors (Lipinski definition) is 1. The molecule has 0 atom stereocenters. The zero-order valence-electron chi connectivity index (χ0n) is 10.6. The highest BCUT2D eigenvalue weighted by molar-refractivity contribution is 5.28. The second kappa shape index (κ2) is 6.29. The van der Waals surface area contributed by atoms with Crippen LogP contribution in [0.25, 0.3) is 0 Å². The van der Waals surface area contributed by atoms with Gasteiger partial charge in [-0.3, -0.25) is 0 Å². The minimum Gasteiger partial charge on any atom is -0.497 e. The van der Waals surface area contributed by atoms with Gasteiger partial charge in [-0.25, -0.2) is 8.78 Å². The molecular weight excluding hydrogens is 248 g/mol. The number of nitrogens with one attached hydrogen (secondary N) is 1. The van der Waals surface area contributed by atoms with Crippen LogP contribution in [0.3, 0.4) is 0 Å². The molecule has 0 aliphatic rings. The Bertz CT molecular complexity index is 558. The highest BCUT2D eigenvalue weighted by Crippen LogP contribution is 2.13. The number of rotatable bonds is 5. The van der Waals surface area contributed by atoms with Crippen molar-refractivity contribution in [1.82, 2.24) is 5.32 Å². The van der Waals surface area contributed by atoms with Gasteiger partial charge in [0.05, 0.1) is 7.11 Å². The van der Waals surface area contributed by atoms with Crippen LogP contribution in [-0.2, 0) is 13.1 Å². The molecule has 2 aromatic carbocycles. The second-order valence-electron chi connectivity index (χ2n) is 4.17. The van der Waals surface area contributed by atoms with Gasteiger partial charge in [0, 0.05) is 18.7 Å². The average Bonchev–Trinajstić information content (AvgIpc) is 2.44. The quantitative estimate of drug-likeness (QED) is 0.894. The Kier molecular flexibility index (Phi) is 4.47. The van der Waals surface area contributed by atoms with Crippen LogP contribution in [0.15, 0.2) is 42.5 Å². The Balaban J connectivity index is 1.94. The lowest BCUT2D eigenvalue weighted by Crippen LogP contribution is -2.14. The third-order valence-corrected chi connectivity index (χ3v) is 2.81. The fourth-order valence-electron chi connectivity index (χ4n) is 1.81. The highest BCUT2D eigenvalue weighted by Gasteiger charge is 2.06. The van der Waals surface area contributed by atoms with Crippen LogP contribution in [0.5, 0.6) is 5.75 Å². The number of ether oxygens (including phenoxy) is 1. The molecule has 0 unspecified atom stereocenters. The minimum atomic E-state index is -0.819. The summed E-state index contributed by atoms with van der Waals surface area (Å²) < 4.78 is 31.5. The van der Waals surface area contributed by atoms with E-state index in [0.29, 0.717) is 12.1 Å². The Morgan fingerprint density at radius 1 is 1.05 bits per heavy atom. The van der Waals surface area contributed by atoms with Gasteiger partial charge in [-0.2, -0.15) is 0 Å². The first-order valence-electron chi connectivity index (χ1n) is 5.97. The molecule has 0 fully saturated rings. The maximum atomic E-state index is 13.4. The molecule has 100 valence electrons. The summed E-state index contributed by atoms with van der Waals surface area (Å²) in [7, 11) is 1.61. The summed E-state index contributed by atoms with van der Waals surface area (Å²) in [6.45, 7) is 0.841. The molecule has 19 heavy (non-hydrogen) atoms. The maximum absolute atomic E-state index is 13.4. The lowest BCUT2D eigenvalue weighted by Gasteiger charge is -2.08. The van der Waals surface area contributed by atoms with Crippen molar-refractivity contribution in [3.8, 4) is 5.75 Å². The SMILES string of the molecule is COc1cccc(CNCc2cccc(F)c2F)c1. The van der Waals surface area contributed by atoms with Crippen LogP contribution in [0.2, 0.25) is 0 Å². The van der Waals surface area contributed by atoms with E-state index in [1.165, 1.54) is 6.07 Å². The van der Waals surface area contributed by atoms with E-state index < -0.39 is 11.6 Å². The smallest absolute Gasteiger partial charge is 0.163 e. The number of hydrogen-bond acceptors (Lipinski definition) is 2. The van der Waals surface area contributed by atoms with Crippen LogP contribution in [0.1, 0.15) is 11.1 Å². The summed E-state index contributed by atoms with van der Waals surface area (Å²) in [5.74, 6) is -0.836. The van der Waals surface area contributed by atoms with Gasteiger partial charge in [-0.05, 0) is 23.8 Å². The molecule has 0 aliphatic heterocycles. The Morgan fingerprint density at radius 3 is 2.63 bits per heavy atom. The summed E-state index contributed by atoms with van der Waals surface area (Å²) >= 11 is 0. The van der Waals surface area contributed by atoms with Crippen molar-refractivity contribution in [2.75, 3.05) is 7.11 Å². The minimum absolute atomic E-state index is 0.279. The van der Waals surface area contributed by atoms with Crippen LogP contribution in [-0.4, -0.2) is 7.11 Å². The van der Waals surface area contributed by atoms with Crippen LogP contribution in [0, 0.1) is 11.6 Å². The van der Waals surface area contributed by atoms with Crippen LogP contribution >= 0.6 is 0 Å². The van der Waals surface area contributed by atoms with E-state index in [-0.39, 0.29) is 6.54 Å². The fourth-order valence-corrected chi connectivity index (χ4v) is 1.81. The van der Waals surface area contributed by atoms with Gasteiger partial charge in [0.25, 0.3) is 0 Å². The molecular formula is C15H15F2NO.